The monoisotopic (exact) mass is 420 g/mol. The van der Waals surface area contributed by atoms with Gasteiger partial charge in [-0.1, -0.05) is 13.0 Å². The van der Waals surface area contributed by atoms with Crippen LogP contribution >= 0.6 is 0 Å². The number of hydrogen-bond donors (Lipinski definition) is 3. The first-order chi connectivity index (χ1) is 14.9. The van der Waals surface area contributed by atoms with Gasteiger partial charge in [0.25, 0.3) is 5.91 Å². The lowest BCUT2D eigenvalue weighted by Gasteiger charge is -2.32. The molecule has 7 heteroatoms. The van der Waals surface area contributed by atoms with Crippen molar-refractivity contribution in [2.45, 2.75) is 38.1 Å². The summed E-state index contributed by atoms with van der Waals surface area (Å²) in [7, 11) is 0. The number of hydrogen-bond acceptors (Lipinski definition) is 5. The van der Waals surface area contributed by atoms with E-state index in [0.29, 0.717) is 17.3 Å². The van der Waals surface area contributed by atoms with Crippen molar-refractivity contribution < 1.29 is 14.3 Å². The number of halogens is 1. The molecule has 0 saturated heterocycles. The summed E-state index contributed by atoms with van der Waals surface area (Å²) in [6.07, 6.45) is 6.25. The molecule has 6 nitrogen and oxygen atoms in total. The predicted octanol–water partition coefficient (Wildman–Crippen LogP) is 4.47. The Bertz CT molecular complexity index is 1090. The summed E-state index contributed by atoms with van der Waals surface area (Å²) in [4.78, 5) is 21.4. The van der Waals surface area contributed by atoms with Gasteiger partial charge in [-0.25, -0.2) is 9.37 Å². The number of amides is 1. The minimum atomic E-state index is -0.609. The van der Waals surface area contributed by atoms with Crippen LogP contribution in [0.4, 0.5) is 10.1 Å². The van der Waals surface area contributed by atoms with Crippen molar-refractivity contribution in [3.05, 3.63) is 71.9 Å². The average molecular weight is 420 g/mol. The van der Waals surface area contributed by atoms with Crippen LogP contribution in [0, 0.1) is 11.7 Å². The van der Waals surface area contributed by atoms with Crippen LogP contribution in [0.5, 0.6) is 5.75 Å². The maximum absolute atomic E-state index is 14.2. The summed E-state index contributed by atoms with van der Waals surface area (Å²) in [5.74, 6) is -0.409. The third kappa shape index (κ3) is 4.72. The SMILES string of the molecule is C[C@@H]1C[C@@H](N)C[C@H](c2ccncc2NC(=O)c2cccc(-c3ccc(O)cc3F)n2)C1. The van der Waals surface area contributed by atoms with Gasteiger partial charge in [0.2, 0.25) is 0 Å². The lowest BCUT2D eigenvalue weighted by molar-refractivity contribution is 0.102. The van der Waals surface area contributed by atoms with Gasteiger partial charge >= 0.3 is 0 Å². The second-order valence-corrected chi connectivity index (χ2v) is 8.26. The van der Waals surface area contributed by atoms with E-state index in [0.717, 1.165) is 30.9 Å². The van der Waals surface area contributed by atoms with Crippen molar-refractivity contribution in [1.29, 1.82) is 0 Å². The molecule has 1 aliphatic carbocycles. The van der Waals surface area contributed by atoms with Gasteiger partial charge in [0.1, 0.15) is 17.3 Å². The van der Waals surface area contributed by atoms with Gasteiger partial charge in [0.05, 0.1) is 17.6 Å². The van der Waals surface area contributed by atoms with Gasteiger partial charge < -0.3 is 16.2 Å². The Balaban J connectivity index is 1.58. The molecule has 1 aliphatic rings. The molecule has 0 radical (unpaired) electrons. The van der Waals surface area contributed by atoms with E-state index < -0.39 is 11.7 Å². The molecule has 3 aromatic rings. The number of nitrogens with two attached hydrogens (primary N) is 1. The number of aromatic nitrogens is 2. The summed E-state index contributed by atoms with van der Waals surface area (Å²) in [6, 6.07) is 10.7. The van der Waals surface area contributed by atoms with Crippen LogP contribution in [0.1, 0.15) is 48.2 Å². The molecule has 1 fully saturated rings. The van der Waals surface area contributed by atoms with Crippen molar-refractivity contribution in [1.82, 2.24) is 9.97 Å². The largest absolute Gasteiger partial charge is 0.508 e. The Kier molecular flexibility index (Phi) is 5.95. The molecule has 1 aromatic carbocycles. The van der Waals surface area contributed by atoms with Crippen molar-refractivity contribution in [3.63, 3.8) is 0 Å². The lowest BCUT2D eigenvalue weighted by Crippen LogP contribution is -2.31. The highest BCUT2D eigenvalue weighted by Gasteiger charge is 2.27. The Labute approximate surface area is 180 Å². The lowest BCUT2D eigenvalue weighted by atomic mass is 9.76. The van der Waals surface area contributed by atoms with Gasteiger partial charge in [-0.15, -0.1) is 0 Å². The third-order valence-corrected chi connectivity index (χ3v) is 5.73. The Morgan fingerprint density at radius 3 is 2.81 bits per heavy atom. The smallest absolute Gasteiger partial charge is 0.274 e. The summed E-state index contributed by atoms with van der Waals surface area (Å²) in [5, 5.41) is 12.3. The van der Waals surface area contributed by atoms with E-state index in [9.17, 15) is 14.3 Å². The van der Waals surface area contributed by atoms with E-state index in [1.54, 1.807) is 30.6 Å². The molecule has 0 spiro atoms. The fraction of sp³-hybridized carbons (Fsp3) is 0.292. The molecule has 0 bridgehead atoms. The first kappa shape index (κ1) is 20.9. The van der Waals surface area contributed by atoms with E-state index in [4.69, 9.17) is 5.73 Å². The van der Waals surface area contributed by atoms with Gasteiger partial charge in [0, 0.05) is 23.9 Å². The van der Waals surface area contributed by atoms with Gasteiger partial charge in [0.15, 0.2) is 0 Å². The number of nitrogens with zero attached hydrogens (tertiary/aromatic N) is 2. The third-order valence-electron chi connectivity index (χ3n) is 5.73. The number of carbonyl (C=O) groups is 1. The summed E-state index contributed by atoms with van der Waals surface area (Å²) >= 11 is 0. The van der Waals surface area contributed by atoms with Gasteiger partial charge in [-0.3, -0.25) is 9.78 Å². The highest BCUT2D eigenvalue weighted by atomic mass is 19.1. The number of pyridine rings is 2. The van der Waals surface area contributed by atoms with Gasteiger partial charge in [-0.2, -0.15) is 0 Å². The van der Waals surface area contributed by atoms with E-state index >= 15 is 0 Å². The van der Waals surface area contributed by atoms with Crippen LogP contribution < -0.4 is 11.1 Å². The van der Waals surface area contributed by atoms with Gasteiger partial charge in [-0.05, 0) is 67.0 Å². The zero-order valence-corrected chi connectivity index (χ0v) is 17.3. The average Bonchev–Trinajstić information content (AvgIpc) is 2.73. The van der Waals surface area contributed by atoms with Crippen LogP contribution in [0.2, 0.25) is 0 Å². The maximum atomic E-state index is 14.2. The number of phenolic OH excluding ortho intramolecular Hbond substituents is 1. The number of aromatic hydroxyl groups is 1. The van der Waals surface area contributed by atoms with Crippen molar-refractivity contribution in [2.75, 3.05) is 5.32 Å². The second kappa shape index (κ2) is 8.81. The molecular formula is C24H25FN4O2. The highest BCUT2D eigenvalue weighted by Crippen LogP contribution is 2.38. The second-order valence-electron chi connectivity index (χ2n) is 8.26. The molecule has 0 unspecified atom stereocenters. The maximum Gasteiger partial charge on any atom is 0.274 e. The Morgan fingerprint density at radius 2 is 2.03 bits per heavy atom. The molecule has 1 saturated carbocycles. The highest BCUT2D eigenvalue weighted by molar-refractivity contribution is 6.03. The Hall–Kier alpha value is -3.32. The molecule has 1 amide bonds. The van der Waals surface area contributed by atoms with E-state index in [1.165, 1.54) is 12.1 Å². The summed E-state index contributed by atoms with van der Waals surface area (Å²) in [5.41, 5.74) is 8.57. The fourth-order valence-electron chi connectivity index (χ4n) is 4.39. The molecule has 3 atom stereocenters. The van der Waals surface area contributed by atoms with E-state index in [1.807, 2.05) is 6.07 Å². The summed E-state index contributed by atoms with van der Waals surface area (Å²) in [6.45, 7) is 2.20. The molecule has 2 aromatic heterocycles. The molecule has 4 rings (SSSR count). The summed E-state index contributed by atoms with van der Waals surface area (Å²) < 4.78 is 14.2. The zero-order valence-electron chi connectivity index (χ0n) is 17.3. The quantitative estimate of drug-likeness (QED) is 0.578. The first-order valence-electron chi connectivity index (χ1n) is 10.4. The molecule has 2 heterocycles. The molecule has 160 valence electrons. The van der Waals surface area contributed by atoms with Crippen LogP contribution in [-0.4, -0.2) is 27.0 Å². The zero-order chi connectivity index (χ0) is 22.0. The molecule has 0 aliphatic heterocycles. The number of anilines is 1. The Morgan fingerprint density at radius 1 is 1.19 bits per heavy atom. The van der Waals surface area contributed by atoms with Crippen LogP contribution in [0.25, 0.3) is 11.3 Å². The van der Waals surface area contributed by atoms with Crippen molar-refractivity contribution in [2.24, 2.45) is 11.7 Å². The number of phenols is 1. The minimum Gasteiger partial charge on any atom is -0.508 e. The number of carbonyl (C=O) groups excluding carboxylic acids is 1. The molecular weight excluding hydrogens is 395 g/mol. The van der Waals surface area contributed by atoms with E-state index in [-0.39, 0.29) is 29.0 Å². The van der Waals surface area contributed by atoms with Crippen LogP contribution in [-0.2, 0) is 0 Å². The van der Waals surface area contributed by atoms with Crippen LogP contribution in [0.3, 0.4) is 0 Å². The van der Waals surface area contributed by atoms with Crippen LogP contribution in [0.15, 0.2) is 54.9 Å². The minimum absolute atomic E-state index is 0.143. The standard InChI is InChI=1S/C24H25FN4O2/c1-14-9-15(11-16(26)10-14)18-7-8-27-13-23(18)29-24(31)22-4-2-3-21(28-22)19-6-5-17(30)12-20(19)25/h2-8,12-16,30H,9-11,26H2,1H3,(H,29,31)/t14-,15+,16+/m0/s1. The topological polar surface area (TPSA) is 101 Å². The van der Waals surface area contributed by atoms with Crippen molar-refractivity contribution >= 4 is 11.6 Å². The fourth-order valence-corrected chi connectivity index (χ4v) is 4.39. The predicted molar refractivity (Wildman–Crippen MR) is 117 cm³/mol. The van der Waals surface area contributed by atoms with E-state index in [2.05, 4.69) is 22.2 Å². The normalized spacial score (nSPS) is 20.9. The molecule has 31 heavy (non-hydrogen) atoms. The number of rotatable bonds is 4. The first-order valence-corrected chi connectivity index (χ1v) is 10.4. The number of nitrogens with one attached hydrogen (secondary N) is 1. The molecule has 4 N–H and O–H groups in total. The van der Waals surface area contributed by atoms with Crippen molar-refractivity contribution in [3.8, 4) is 17.0 Å². The number of benzene rings is 1.